The lowest BCUT2D eigenvalue weighted by Crippen LogP contribution is -2.39. The van der Waals surface area contributed by atoms with E-state index in [-0.39, 0.29) is 17.3 Å². The van der Waals surface area contributed by atoms with Gasteiger partial charge in [0, 0.05) is 23.2 Å². The highest BCUT2D eigenvalue weighted by atomic mass is 16.5. The van der Waals surface area contributed by atoms with Crippen LogP contribution in [-0.2, 0) is 0 Å². The number of ether oxygens (including phenoxy) is 2. The molecule has 0 saturated carbocycles. The lowest BCUT2D eigenvalue weighted by Gasteiger charge is -2.42. The minimum absolute atomic E-state index is 0.0635. The van der Waals surface area contributed by atoms with Crippen molar-refractivity contribution >= 4 is 11.4 Å². The van der Waals surface area contributed by atoms with E-state index in [1.54, 1.807) is 0 Å². The third kappa shape index (κ3) is 7.02. The summed E-state index contributed by atoms with van der Waals surface area (Å²) in [6, 6.07) is 15.0. The van der Waals surface area contributed by atoms with Gasteiger partial charge >= 0.3 is 0 Å². The Morgan fingerprint density at radius 3 is 1.29 bits per heavy atom. The molecule has 0 heterocycles. The number of nitrogens with one attached hydrogen (secondary N) is 2. The summed E-state index contributed by atoms with van der Waals surface area (Å²) in [5, 5.41) is 23.0. The molecule has 0 radical (unpaired) electrons. The molecule has 0 unspecified atom stereocenters. The van der Waals surface area contributed by atoms with Crippen LogP contribution < -0.4 is 20.1 Å². The quantitative estimate of drug-likeness (QED) is 0.157. The molecule has 6 heteroatoms. The number of nitrogens with zero attached hydrogens (tertiary/aromatic N) is 2. The zero-order valence-electron chi connectivity index (χ0n) is 24.4. The van der Waals surface area contributed by atoms with Gasteiger partial charge in [0.05, 0.1) is 0 Å². The second-order valence-electron chi connectivity index (χ2n) is 11.4. The van der Waals surface area contributed by atoms with Gasteiger partial charge in [0.2, 0.25) is 0 Å². The Hall–Kier alpha value is -4.42. The minimum Gasteiger partial charge on any atom is -0.479 e. The molecular formula is C35H40N4O2. The van der Waals surface area contributed by atoms with Crippen molar-refractivity contribution in [2.24, 2.45) is 17.3 Å². The molecule has 0 bridgehead atoms. The Balaban J connectivity index is 1.46. The van der Waals surface area contributed by atoms with Crippen LogP contribution in [-0.4, -0.2) is 11.2 Å². The van der Waals surface area contributed by atoms with Crippen LogP contribution >= 0.6 is 0 Å². The van der Waals surface area contributed by atoms with E-state index in [9.17, 15) is 0 Å². The predicted octanol–water partition coefficient (Wildman–Crippen LogP) is 8.52. The van der Waals surface area contributed by atoms with Gasteiger partial charge in [0.15, 0.2) is 12.4 Å². The highest BCUT2D eigenvalue weighted by Crippen LogP contribution is 2.44. The van der Waals surface area contributed by atoms with Crippen LogP contribution in [0.3, 0.4) is 0 Å². The molecule has 0 fully saturated rings. The van der Waals surface area contributed by atoms with Crippen LogP contribution in [0.2, 0.25) is 0 Å². The first kappa shape index (κ1) is 29.6. The normalized spacial score (nSPS) is 24.7. The van der Waals surface area contributed by atoms with Crippen LogP contribution in [0.25, 0.3) is 0 Å². The maximum atomic E-state index is 8.84. The fraction of sp³-hybridized carbons (Fsp3) is 0.371. The number of rotatable bonds is 12. The Labute approximate surface area is 244 Å². The molecule has 0 amide bonds. The maximum Gasteiger partial charge on any atom is 0.181 e. The van der Waals surface area contributed by atoms with Gasteiger partial charge < -0.3 is 9.47 Å². The maximum absolute atomic E-state index is 8.84. The molecule has 0 aliphatic heterocycles. The molecule has 2 N–H and O–H groups in total. The summed E-state index contributed by atoms with van der Waals surface area (Å²) < 4.78 is 13.0. The number of hydrogen-bond acceptors (Lipinski definition) is 6. The van der Waals surface area contributed by atoms with Gasteiger partial charge in [-0.1, -0.05) is 64.8 Å². The summed E-state index contributed by atoms with van der Waals surface area (Å²) in [7, 11) is 0. The molecule has 0 saturated heterocycles. The average Bonchev–Trinajstić information content (AvgIpc) is 2.96. The van der Waals surface area contributed by atoms with Gasteiger partial charge in [-0.05, 0) is 91.1 Å². The van der Waals surface area contributed by atoms with Crippen molar-refractivity contribution in [1.82, 2.24) is 0 Å². The highest BCUT2D eigenvalue weighted by molar-refractivity contribution is 5.50. The van der Waals surface area contributed by atoms with Crippen LogP contribution in [0.1, 0.15) is 53.4 Å². The number of nitriles is 2. The van der Waals surface area contributed by atoms with Crippen LogP contribution in [0, 0.1) is 40.2 Å². The lowest BCUT2D eigenvalue weighted by molar-refractivity contribution is 0.144. The monoisotopic (exact) mass is 548 g/mol. The van der Waals surface area contributed by atoms with Gasteiger partial charge in [-0.3, -0.25) is 10.6 Å². The van der Waals surface area contributed by atoms with Crippen molar-refractivity contribution in [2.45, 2.75) is 64.6 Å². The highest BCUT2D eigenvalue weighted by Gasteiger charge is 2.39. The number of benzene rings is 2. The van der Waals surface area contributed by atoms with Gasteiger partial charge in [-0.2, -0.15) is 10.5 Å². The largest absolute Gasteiger partial charge is 0.479 e. The number of allylic oxidation sites excluding steroid dienone is 4. The van der Waals surface area contributed by atoms with E-state index in [2.05, 4.69) is 86.9 Å². The van der Waals surface area contributed by atoms with Gasteiger partial charge in [0.1, 0.15) is 22.7 Å². The van der Waals surface area contributed by atoms with E-state index < -0.39 is 11.2 Å². The van der Waals surface area contributed by atoms with Crippen molar-refractivity contribution in [3.8, 4) is 23.9 Å². The van der Waals surface area contributed by atoms with Crippen LogP contribution in [0.4, 0.5) is 11.4 Å². The molecule has 2 aromatic carbocycles. The van der Waals surface area contributed by atoms with E-state index in [1.165, 1.54) is 0 Å². The summed E-state index contributed by atoms with van der Waals surface area (Å²) in [5.74, 6) is 2.01. The topological polar surface area (TPSA) is 90.1 Å². The van der Waals surface area contributed by atoms with E-state index in [0.717, 1.165) is 48.6 Å². The summed E-state index contributed by atoms with van der Waals surface area (Å²) in [4.78, 5) is 0. The Kier molecular flexibility index (Phi) is 9.25. The molecular weight excluding hydrogens is 508 g/mol. The smallest absolute Gasteiger partial charge is 0.181 e. The number of anilines is 2. The summed E-state index contributed by atoms with van der Waals surface area (Å²) in [5.41, 5.74) is 0.437. The molecule has 0 atom stereocenters. The first-order valence-electron chi connectivity index (χ1n) is 14.4. The lowest BCUT2D eigenvalue weighted by atomic mass is 9.65. The summed E-state index contributed by atoms with van der Waals surface area (Å²) in [6.45, 7) is 8.97. The first-order valence-corrected chi connectivity index (χ1v) is 14.4. The first-order chi connectivity index (χ1) is 19.8. The zero-order chi connectivity index (χ0) is 29.3. The predicted molar refractivity (Wildman–Crippen MR) is 165 cm³/mol. The second-order valence-corrected chi connectivity index (χ2v) is 11.4. The minimum atomic E-state index is -0.494. The van der Waals surface area contributed by atoms with Gasteiger partial charge in [0.25, 0.3) is 0 Å². The third-order valence-corrected chi connectivity index (χ3v) is 8.07. The van der Waals surface area contributed by atoms with E-state index >= 15 is 0 Å². The third-order valence-electron chi connectivity index (χ3n) is 8.07. The molecule has 41 heavy (non-hydrogen) atoms. The molecule has 0 spiro atoms. The van der Waals surface area contributed by atoms with Gasteiger partial charge in [-0.15, -0.1) is 0 Å². The molecule has 2 aliphatic carbocycles. The van der Waals surface area contributed by atoms with Crippen molar-refractivity contribution in [3.63, 3.8) is 0 Å². The average molecular weight is 549 g/mol. The Morgan fingerprint density at radius 1 is 0.659 bits per heavy atom. The van der Waals surface area contributed by atoms with E-state index in [4.69, 9.17) is 20.0 Å². The van der Waals surface area contributed by atoms with Crippen molar-refractivity contribution in [1.29, 1.82) is 10.5 Å². The van der Waals surface area contributed by atoms with E-state index in [0.29, 0.717) is 0 Å². The standard InChI is InChI=1S/C35H40N4O2/c1-5-19-34(40-31-11-7-29(8-12-31)38-25-36)21-15-27(16-22-34)33(3,4)28-17-23-35(20-6-2,24-18-28)41-32-13-9-30(10-14-32)39-26-37/h7-18,21-24,27-28,38-39H,5-6,19-20H2,1-4H3. The summed E-state index contributed by atoms with van der Waals surface area (Å²) >= 11 is 0. The zero-order valence-corrected chi connectivity index (χ0v) is 24.4. The molecule has 6 nitrogen and oxygen atoms in total. The Morgan fingerprint density at radius 2 is 1.00 bits per heavy atom. The van der Waals surface area contributed by atoms with Crippen LogP contribution in [0.15, 0.2) is 97.1 Å². The fourth-order valence-corrected chi connectivity index (χ4v) is 5.65. The second kappa shape index (κ2) is 12.8. The van der Waals surface area contributed by atoms with E-state index in [1.807, 2.05) is 60.9 Å². The molecule has 0 aromatic heterocycles. The summed E-state index contributed by atoms with van der Waals surface area (Å²) in [6.07, 6.45) is 25.7. The Bertz CT molecular complexity index is 1240. The molecule has 212 valence electrons. The van der Waals surface area contributed by atoms with Crippen molar-refractivity contribution < 1.29 is 9.47 Å². The number of hydrogen-bond donors (Lipinski definition) is 2. The molecule has 4 rings (SSSR count). The fourth-order valence-electron chi connectivity index (χ4n) is 5.65. The van der Waals surface area contributed by atoms with Crippen molar-refractivity contribution in [2.75, 3.05) is 10.6 Å². The van der Waals surface area contributed by atoms with Gasteiger partial charge in [-0.25, -0.2) is 0 Å². The SMILES string of the molecule is CCCC1(Oc2ccc(NC#N)cc2)C=CC(C(C)(C)C2C=CC(CCC)(Oc3ccc(NC#N)cc3)C=C2)C=C1. The van der Waals surface area contributed by atoms with Crippen molar-refractivity contribution in [3.05, 3.63) is 97.1 Å². The molecule has 2 aliphatic rings. The molecule has 2 aromatic rings. The van der Waals surface area contributed by atoms with Crippen LogP contribution in [0.5, 0.6) is 11.5 Å².